The third-order valence-electron chi connectivity index (χ3n) is 1.29. The van der Waals surface area contributed by atoms with E-state index in [-0.39, 0.29) is 0 Å². The minimum Gasteiger partial charge on any atom is -0.0969 e. The molecule has 2 heteroatoms. The highest BCUT2D eigenvalue weighted by molar-refractivity contribution is 8.11. The van der Waals surface area contributed by atoms with E-state index in [2.05, 4.69) is 35.1 Å². The predicted octanol–water partition coefficient (Wildman–Crippen LogP) is 3.28. The van der Waals surface area contributed by atoms with Crippen molar-refractivity contribution in [1.29, 1.82) is 0 Å². The third kappa shape index (κ3) is 1.09. The molecular weight excluding hydrogens is 160 g/mol. The van der Waals surface area contributed by atoms with Crippen molar-refractivity contribution >= 4 is 23.5 Å². The second kappa shape index (κ2) is 2.72. The average molecular weight is 166 g/mol. The summed E-state index contributed by atoms with van der Waals surface area (Å²) in [5.41, 5.74) is 0. The molecule has 0 nitrogen and oxygen atoms in total. The first-order chi connectivity index (χ1) is 4.97. The summed E-state index contributed by atoms with van der Waals surface area (Å²) in [6, 6.07) is 0. The molecular formula is C8H6S2. The van der Waals surface area contributed by atoms with Crippen molar-refractivity contribution in [2.24, 2.45) is 0 Å². The molecule has 0 aromatic rings. The molecule has 2 heterocycles. The van der Waals surface area contributed by atoms with Crippen LogP contribution in [0.4, 0.5) is 0 Å². The van der Waals surface area contributed by atoms with Crippen LogP contribution in [-0.2, 0) is 0 Å². The lowest BCUT2D eigenvalue weighted by Crippen LogP contribution is -1.84. The summed E-state index contributed by atoms with van der Waals surface area (Å²) in [5, 5.41) is 4.21. The molecule has 0 saturated carbocycles. The van der Waals surface area contributed by atoms with Crippen LogP contribution in [0.2, 0.25) is 0 Å². The van der Waals surface area contributed by atoms with Gasteiger partial charge in [0.15, 0.2) is 0 Å². The summed E-state index contributed by atoms with van der Waals surface area (Å²) in [6.45, 7) is 0. The molecule has 0 saturated heterocycles. The Balaban J connectivity index is 2.38. The van der Waals surface area contributed by atoms with Crippen molar-refractivity contribution in [1.82, 2.24) is 0 Å². The molecule has 0 bridgehead atoms. The number of rotatable bonds is 0. The summed E-state index contributed by atoms with van der Waals surface area (Å²) >= 11 is 3.57. The zero-order valence-corrected chi connectivity index (χ0v) is 6.91. The van der Waals surface area contributed by atoms with Gasteiger partial charge in [0.05, 0.1) is 0 Å². The van der Waals surface area contributed by atoms with E-state index in [4.69, 9.17) is 0 Å². The zero-order chi connectivity index (χ0) is 6.81. The maximum atomic E-state index is 2.15. The Morgan fingerprint density at radius 1 is 0.800 bits per heavy atom. The minimum atomic E-state index is 1.37. The number of allylic oxidation sites excluding steroid dienone is 4. The fourth-order valence-electron chi connectivity index (χ4n) is 0.838. The van der Waals surface area contributed by atoms with E-state index in [0.29, 0.717) is 0 Å². The number of thioether (sulfide) groups is 2. The molecule has 0 N–H and O–H groups in total. The number of hydrogen-bond acceptors (Lipinski definition) is 2. The fourth-order valence-corrected chi connectivity index (χ4v) is 2.42. The number of fused-ring (bicyclic) bond motifs is 1. The van der Waals surface area contributed by atoms with Crippen molar-refractivity contribution < 1.29 is 0 Å². The maximum Gasteiger partial charge on any atom is 0.0255 e. The van der Waals surface area contributed by atoms with Gasteiger partial charge in [-0.1, -0.05) is 35.7 Å². The Bertz CT molecular complexity index is 228. The highest BCUT2D eigenvalue weighted by Gasteiger charge is 2.07. The highest BCUT2D eigenvalue weighted by atomic mass is 32.2. The van der Waals surface area contributed by atoms with Gasteiger partial charge in [0.25, 0.3) is 0 Å². The lowest BCUT2D eigenvalue weighted by Gasteiger charge is -2.11. The second-order valence-corrected chi connectivity index (χ2v) is 3.85. The molecule has 0 spiro atoms. The first-order valence-electron chi connectivity index (χ1n) is 3.04. The third-order valence-corrected chi connectivity index (χ3v) is 3.22. The molecule has 2 rings (SSSR count). The summed E-state index contributed by atoms with van der Waals surface area (Å²) in [5.74, 6) is 0. The van der Waals surface area contributed by atoms with Gasteiger partial charge in [-0.25, -0.2) is 0 Å². The normalized spacial score (nSPS) is 21.6. The lowest BCUT2D eigenvalue weighted by atomic mass is 10.4. The van der Waals surface area contributed by atoms with Crippen LogP contribution in [0.3, 0.4) is 0 Å². The Morgan fingerprint density at radius 3 is 1.80 bits per heavy atom. The lowest BCUT2D eigenvalue weighted by molar-refractivity contribution is 1.77. The zero-order valence-electron chi connectivity index (χ0n) is 5.28. The monoisotopic (exact) mass is 166 g/mol. The smallest absolute Gasteiger partial charge is 0.0255 e. The molecule has 10 heavy (non-hydrogen) atoms. The van der Waals surface area contributed by atoms with Crippen LogP contribution in [0.1, 0.15) is 0 Å². The molecule has 0 radical (unpaired) electrons. The first kappa shape index (κ1) is 6.38. The van der Waals surface area contributed by atoms with Crippen LogP contribution >= 0.6 is 23.5 Å². The van der Waals surface area contributed by atoms with E-state index in [1.807, 2.05) is 0 Å². The van der Waals surface area contributed by atoms with Crippen LogP contribution in [-0.4, -0.2) is 0 Å². The summed E-state index contributed by atoms with van der Waals surface area (Å²) in [7, 11) is 0. The molecule has 0 aromatic heterocycles. The van der Waals surface area contributed by atoms with Crippen molar-refractivity contribution in [2.75, 3.05) is 0 Å². The predicted molar refractivity (Wildman–Crippen MR) is 49.6 cm³/mol. The summed E-state index contributed by atoms with van der Waals surface area (Å²) in [4.78, 5) is 2.74. The van der Waals surface area contributed by atoms with Gasteiger partial charge >= 0.3 is 0 Å². The molecule has 50 valence electrons. The van der Waals surface area contributed by atoms with Gasteiger partial charge in [-0.05, 0) is 23.0 Å². The van der Waals surface area contributed by atoms with Crippen molar-refractivity contribution in [3.63, 3.8) is 0 Å². The van der Waals surface area contributed by atoms with E-state index >= 15 is 0 Å². The van der Waals surface area contributed by atoms with Gasteiger partial charge in [-0.15, -0.1) is 0 Å². The van der Waals surface area contributed by atoms with Crippen LogP contribution in [0.25, 0.3) is 0 Å². The highest BCUT2D eigenvalue weighted by Crippen LogP contribution is 2.38. The van der Waals surface area contributed by atoms with E-state index < -0.39 is 0 Å². The molecule has 0 amide bonds. The Morgan fingerprint density at radius 2 is 1.30 bits per heavy atom. The average Bonchev–Trinajstić information content (AvgIpc) is 2.05. The van der Waals surface area contributed by atoms with E-state index in [1.165, 1.54) is 9.81 Å². The van der Waals surface area contributed by atoms with Crippen LogP contribution in [0.15, 0.2) is 44.9 Å². The van der Waals surface area contributed by atoms with Gasteiger partial charge in [0, 0.05) is 9.81 Å². The van der Waals surface area contributed by atoms with Crippen molar-refractivity contribution in [3.05, 3.63) is 44.9 Å². The Kier molecular flexibility index (Phi) is 1.74. The maximum absolute atomic E-state index is 2.15. The van der Waals surface area contributed by atoms with Gasteiger partial charge in [-0.2, -0.15) is 0 Å². The Labute approximate surface area is 68.8 Å². The minimum absolute atomic E-state index is 1.37. The molecule has 0 aliphatic carbocycles. The van der Waals surface area contributed by atoms with Crippen molar-refractivity contribution in [2.45, 2.75) is 0 Å². The fraction of sp³-hybridized carbons (Fsp3) is 0. The Hall–Kier alpha value is -0.340. The largest absolute Gasteiger partial charge is 0.0969 e. The summed E-state index contributed by atoms with van der Waals surface area (Å²) < 4.78 is 0. The van der Waals surface area contributed by atoms with E-state index in [0.717, 1.165) is 0 Å². The van der Waals surface area contributed by atoms with Gasteiger partial charge in [-0.3, -0.25) is 0 Å². The van der Waals surface area contributed by atoms with Crippen LogP contribution in [0, 0.1) is 0 Å². The SMILES string of the molecule is C1=CSC2=CC=CSC2=C1. The molecule has 2 aliphatic heterocycles. The molecule has 2 aliphatic rings. The van der Waals surface area contributed by atoms with E-state index in [9.17, 15) is 0 Å². The molecule has 0 atom stereocenters. The first-order valence-corrected chi connectivity index (χ1v) is 4.80. The van der Waals surface area contributed by atoms with Crippen molar-refractivity contribution in [3.8, 4) is 0 Å². The standard InChI is InChI=1S/C8H6S2/c1-3-7-8(9-5-1)4-2-6-10-7/h1-6H. The number of hydrogen-bond donors (Lipinski definition) is 0. The van der Waals surface area contributed by atoms with Crippen LogP contribution < -0.4 is 0 Å². The molecule has 0 unspecified atom stereocenters. The summed E-state index contributed by atoms with van der Waals surface area (Å²) in [6.07, 6.45) is 8.47. The van der Waals surface area contributed by atoms with Gasteiger partial charge in [0.1, 0.15) is 0 Å². The van der Waals surface area contributed by atoms with E-state index in [1.54, 1.807) is 23.5 Å². The second-order valence-electron chi connectivity index (χ2n) is 1.95. The van der Waals surface area contributed by atoms with Gasteiger partial charge < -0.3 is 0 Å². The molecule has 0 fully saturated rings. The molecule has 0 aromatic carbocycles. The van der Waals surface area contributed by atoms with Gasteiger partial charge in [0.2, 0.25) is 0 Å². The van der Waals surface area contributed by atoms with Crippen LogP contribution in [0.5, 0.6) is 0 Å². The quantitative estimate of drug-likeness (QED) is 0.541. The topological polar surface area (TPSA) is 0 Å².